The van der Waals surface area contributed by atoms with Gasteiger partial charge in [0, 0.05) is 18.1 Å². The highest BCUT2D eigenvalue weighted by Crippen LogP contribution is 2.13. The first kappa shape index (κ1) is 15.7. The summed E-state index contributed by atoms with van der Waals surface area (Å²) in [4.78, 5) is 16.3. The second-order valence-electron chi connectivity index (χ2n) is 5.29. The zero-order valence-corrected chi connectivity index (χ0v) is 13.2. The third-order valence-corrected chi connectivity index (χ3v) is 3.51. The van der Waals surface area contributed by atoms with Crippen molar-refractivity contribution in [3.63, 3.8) is 0 Å². The lowest BCUT2D eigenvalue weighted by Crippen LogP contribution is -2.11. The number of benzene rings is 2. The molecule has 0 aliphatic heterocycles. The van der Waals surface area contributed by atoms with E-state index in [0.29, 0.717) is 23.7 Å². The minimum atomic E-state index is -0.157. The number of carbonyl (C=O) groups is 1. The summed E-state index contributed by atoms with van der Waals surface area (Å²) in [6.45, 7) is 0.562. The van der Waals surface area contributed by atoms with Gasteiger partial charge in [0.2, 0.25) is 5.88 Å². The van der Waals surface area contributed by atoms with Gasteiger partial charge in [-0.2, -0.15) is 0 Å². The molecular formula is C20H18N2O2. The molecule has 0 unspecified atom stereocenters. The summed E-state index contributed by atoms with van der Waals surface area (Å²) in [5.41, 5.74) is 2.48. The van der Waals surface area contributed by atoms with Crippen molar-refractivity contribution in [2.24, 2.45) is 0 Å². The van der Waals surface area contributed by atoms with Gasteiger partial charge >= 0.3 is 0 Å². The molecule has 1 heterocycles. The second kappa shape index (κ2) is 7.92. The minimum Gasteiger partial charge on any atom is -0.477 e. The van der Waals surface area contributed by atoms with Crippen LogP contribution in [-0.2, 0) is 6.42 Å². The number of aromatic nitrogens is 1. The predicted octanol–water partition coefficient (Wildman–Crippen LogP) is 3.96. The fraction of sp³-hybridized carbons (Fsp3) is 0.100. The van der Waals surface area contributed by atoms with E-state index in [2.05, 4.69) is 22.4 Å². The maximum absolute atomic E-state index is 12.1. The standard InChI is InChI=1S/C20H18N2O2/c23-20(17-9-5-2-6-10-17)22-18-11-12-19(21-15-18)24-14-13-16-7-3-1-4-8-16/h1-12,15H,13-14H2,(H,22,23). The Labute approximate surface area is 141 Å². The Hall–Kier alpha value is -3.14. The van der Waals surface area contributed by atoms with Crippen LogP contribution in [0.2, 0.25) is 0 Å². The zero-order chi connectivity index (χ0) is 16.6. The lowest BCUT2D eigenvalue weighted by Gasteiger charge is -2.07. The van der Waals surface area contributed by atoms with Gasteiger partial charge < -0.3 is 10.1 Å². The number of nitrogens with zero attached hydrogens (tertiary/aromatic N) is 1. The molecule has 1 N–H and O–H groups in total. The average Bonchev–Trinajstić information content (AvgIpc) is 2.65. The Morgan fingerprint density at radius 2 is 1.62 bits per heavy atom. The molecule has 0 saturated heterocycles. The number of ether oxygens (including phenoxy) is 1. The molecule has 0 bridgehead atoms. The van der Waals surface area contributed by atoms with E-state index < -0.39 is 0 Å². The smallest absolute Gasteiger partial charge is 0.255 e. The number of nitrogens with one attached hydrogen (secondary N) is 1. The number of anilines is 1. The van der Waals surface area contributed by atoms with Crippen molar-refractivity contribution >= 4 is 11.6 Å². The third kappa shape index (κ3) is 4.43. The molecule has 0 fully saturated rings. The summed E-state index contributed by atoms with van der Waals surface area (Å²) in [7, 11) is 0. The number of pyridine rings is 1. The van der Waals surface area contributed by atoms with Gasteiger partial charge in [-0.1, -0.05) is 48.5 Å². The normalized spacial score (nSPS) is 10.2. The first-order valence-electron chi connectivity index (χ1n) is 7.80. The molecule has 3 rings (SSSR count). The van der Waals surface area contributed by atoms with E-state index in [1.54, 1.807) is 30.5 Å². The Bertz CT molecular complexity index is 772. The molecule has 0 aliphatic carbocycles. The molecule has 4 nitrogen and oxygen atoms in total. The largest absolute Gasteiger partial charge is 0.477 e. The molecule has 2 aromatic carbocycles. The molecule has 3 aromatic rings. The fourth-order valence-corrected chi connectivity index (χ4v) is 2.25. The molecule has 4 heteroatoms. The van der Waals surface area contributed by atoms with Gasteiger partial charge in [0.1, 0.15) is 0 Å². The molecular weight excluding hydrogens is 300 g/mol. The quantitative estimate of drug-likeness (QED) is 0.748. The summed E-state index contributed by atoms with van der Waals surface area (Å²) in [6, 6.07) is 22.8. The van der Waals surface area contributed by atoms with Crippen molar-refractivity contribution in [1.29, 1.82) is 0 Å². The fourth-order valence-electron chi connectivity index (χ4n) is 2.25. The van der Waals surface area contributed by atoms with E-state index in [1.807, 2.05) is 36.4 Å². The van der Waals surface area contributed by atoms with Crippen LogP contribution in [0.25, 0.3) is 0 Å². The molecule has 0 spiro atoms. The van der Waals surface area contributed by atoms with Crippen LogP contribution in [0.15, 0.2) is 79.0 Å². The van der Waals surface area contributed by atoms with Crippen LogP contribution < -0.4 is 10.1 Å². The first-order chi connectivity index (χ1) is 11.8. The SMILES string of the molecule is O=C(Nc1ccc(OCCc2ccccc2)nc1)c1ccccc1. The molecule has 24 heavy (non-hydrogen) atoms. The molecule has 0 radical (unpaired) electrons. The summed E-state index contributed by atoms with van der Waals surface area (Å²) in [5.74, 6) is 0.388. The maximum atomic E-state index is 12.1. The van der Waals surface area contributed by atoms with Gasteiger partial charge in [-0.05, 0) is 23.8 Å². The van der Waals surface area contributed by atoms with Crippen molar-refractivity contribution in [3.8, 4) is 5.88 Å². The zero-order valence-electron chi connectivity index (χ0n) is 13.2. The second-order valence-corrected chi connectivity index (χ2v) is 5.29. The maximum Gasteiger partial charge on any atom is 0.255 e. The topological polar surface area (TPSA) is 51.2 Å². The molecule has 0 aliphatic rings. The van der Waals surface area contributed by atoms with Gasteiger partial charge in [-0.25, -0.2) is 4.98 Å². The monoisotopic (exact) mass is 318 g/mol. The van der Waals surface area contributed by atoms with Crippen molar-refractivity contribution in [3.05, 3.63) is 90.1 Å². The van der Waals surface area contributed by atoms with Gasteiger partial charge in [0.15, 0.2) is 0 Å². The molecule has 1 amide bonds. The van der Waals surface area contributed by atoms with E-state index in [0.717, 1.165) is 6.42 Å². The summed E-state index contributed by atoms with van der Waals surface area (Å²) < 4.78 is 5.63. The Balaban J connectivity index is 1.51. The van der Waals surface area contributed by atoms with Crippen molar-refractivity contribution in [2.75, 3.05) is 11.9 Å². The van der Waals surface area contributed by atoms with Gasteiger partial charge in [0.25, 0.3) is 5.91 Å². The Morgan fingerprint density at radius 1 is 0.917 bits per heavy atom. The first-order valence-corrected chi connectivity index (χ1v) is 7.80. The van der Waals surface area contributed by atoms with Gasteiger partial charge in [-0.15, -0.1) is 0 Å². The predicted molar refractivity (Wildman–Crippen MR) is 94.3 cm³/mol. The highest BCUT2D eigenvalue weighted by atomic mass is 16.5. The van der Waals surface area contributed by atoms with Crippen LogP contribution in [-0.4, -0.2) is 17.5 Å². The third-order valence-electron chi connectivity index (χ3n) is 3.51. The average molecular weight is 318 g/mol. The van der Waals surface area contributed by atoms with Gasteiger partial charge in [0.05, 0.1) is 18.5 Å². The van der Waals surface area contributed by atoms with Crippen LogP contribution in [0.1, 0.15) is 15.9 Å². The van der Waals surface area contributed by atoms with E-state index in [-0.39, 0.29) is 5.91 Å². The summed E-state index contributed by atoms with van der Waals surface area (Å²) in [5, 5.41) is 2.81. The Kier molecular flexibility index (Phi) is 5.20. The van der Waals surface area contributed by atoms with Gasteiger partial charge in [-0.3, -0.25) is 4.79 Å². The Morgan fingerprint density at radius 3 is 2.29 bits per heavy atom. The van der Waals surface area contributed by atoms with Crippen LogP contribution in [0, 0.1) is 0 Å². The van der Waals surface area contributed by atoms with E-state index >= 15 is 0 Å². The number of rotatable bonds is 6. The van der Waals surface area contributed by atoms with Crippen LogP contribution in [0.5, 0.6) is 5.88 Å². The van der Waals surface area contributed by atoms with Crippen LogP contribution in [0.4, 0.5) is 5.69 Å². The van der Waals surface area contributed by atoms with Crippen LogP contribution in [0.3, 0.4) is 0 Å². The number of hydrogen-bond acceptors (Lipinski definition) is 3. The lowest BCUT2D eigenvalue weighted by atomic mass is 10.2. The molecule has 0 saturated carbocycles. The van der Waals surface area contributed by atoms with E-state index in [1.165, 1.54) is 5.56 Å². The number of hydrogen-bond donors (Lipinski definition) is 1. The van der Waals surface area contributed by atoms with Crippen molar-refractivity contribution < 1.29 is 9.53 Å². The van der Waals surface area contributed by atoms with E-state index in [4.69, 9.17) is 4.74 Å². The highest BCUT2D eigenvalue weighted by Gasteiger charge is 2.05. The molecule has 1 aromatic heterocycles. The molecule has 0 atom stereocenters. The number of carbonyl (C=O) groups excluding carboxylic acids is 1. The van der Waals surface area contributed by atoms with E-state index in [9.17, 15) is 4.79 Å². The summed E-state index contributed by atoms with van der Waals surface area (Å²) in [6.07, 6.45) is 2.42. The van der Waals surface area contributed by atoms with Crippen LogP contribution >= 0.6 is 0 Å². The summed E-state index contributed by atoms with van der Waals surface area (Å²) >= 11 is 0. The van der Waals surface area contributed by atoms with Crippen molar-refractivity contribution in [1.82, 2.24) is 4.98 Å². The molecule has 120 valence electrons. The highest BCUT2D eigenvalue weighted by molar-refractivity contribution is 6.04. The lowest BCUT2D eigenvalue weighted by molar-refractivity contribution is 0.102. The van der Waals surface area contributed by atoms with Crippen molar-refractivity contribution in [2.45, 2.75) is 6.42 Å². The number of amides is 1. The minimum absolute atomic E-state index is 0.157.